The van der Waals surface area contributed by atoms with Crippen LogP contribution in [0.25, 0.3) is 0 Å². The summed E-state index contributed by atoms with van der Waals surface area (Å²) < 4.78 is 17.8. The van der Waals surface area contributed by atoms with Crippen molar-refractivity contribution in [2.75, 3.05) is 12.3 Å². The lowest BCUT2D eigenvalue weighted by Gasteiger charge is -2.28. The Bertz CT molecular complexity index is 554. The molecule has 0 aromatic carbocycles. The van der Waals surface area contributed by atoms with Crippen molar-refractivity contribution in [1.29, 1.82) is 0 Å². The predicted molar refractivity (Wildman–Crippen MR) is 84.0 cm³/mol. The summed E-state index contributed by atoms with van der Waals surface area (Å²) in [6.45, 7) is 8.01. The van der Waals surface area contributed by atoms with Crippen molar-refractivity contribution >= 4 is 16.9 Å². The van der Waals surface area contributed by atoms with Gasteiger partial charge in [-0.25, -0.2) is 4.79 Å². The van der Waals surface area contributed by atoms with Gasteiger partial charge in [-0.15, -0.1) is 5.10 Å². The Balaban J connectivity index is 2.00. The Kier molecular flexibility index (Phi) is 5.16. The molecule has 22 heavy (non-hydrogen) atoms. The van der Waals surface area contributed by atoms with Crippen LogP contribution in [0.4, 0.5) is 4.79 Å². The standard InChI is InChI=1S/C15H23N3O3S/c1-11-7-8-13(17-16-11)22(20)10-12-6-5-9-18(12)14(19)21-15(2,3)4/h7-8,12H,5-6,9-10H2,1-4H3/t12-,22-/m1/s1. The molecule has 2 rings (SSSR count). The molecular formula is C15H23N3O3S. The number of likely N-dealkylation sites (tertiary alicyclic amines) is 1. The van der Waals surface area contributed by atoms with Gasteiger partial charge in [-0.3, -0.25) is 4.21 Å². The maximum absolute atomic E-state index is 12.4. The average molecular weight is 325 g/mol. The number of carbonyl (C=O) groups is 1. The fourth-order valence-electron chi connectivity index (χ4n) is 2.34. The van der Waals surface area contributed by atoms with Crippen molar-refractivity contribution in [3.63, 3.8) is 0 Å². The summed E-state index contributed by atoms with van der Waals surface area (Å²) in [7, 11) is -1.26. The van der Waals surface area contributed by atoms with Gasteiger partial charge in [0.15, 0.2) is 0 Å². The molecule has 0 N–H and O–H groups in total. The van der Waals surface area contributed by atoms with Crippen LogP contribution in [0.2, 0.25) is 0 Å². The fraction of sp³-hybridized carbons (Fsp3) is 0.667. The summed E-state index contributed by atoms with van der Waals surface area (Å²) in [5.74, 6) is 0.372. The van der Waals surface area contributed by atoms with E-state index >= 15 is 0 Å². The summed E-state index contributed by atoms with van der Waals surface area (Å²) in [4.78, 5) is 13.9. The second kappa shape index (κ2) is 6.73. The molecule has 7 heteroatoms. The number of rotatable bonds is 3. The van der Waals surface area contributed by atoms with Crippen molar-refractivity contribution in [2.45, 2.75) is 57.2 Å². The third kappa shape index (κ3) is 4.50. The molecule has 1 aliphatic heterocycles. The maximum Gasteiger partial charge on any atom is 0.410 e. The monoisotopic (exact) mass is 325 g/mol. The van der Waals surface area contributed by atoms with E-state index in [1.54, 1.807) is 17.0 Å². The topological polar surface area (TPSA) is 72.4 Å². The van der Waals surface area contributed by atoms with E-state index in [9.17, 15) is 9.00 Å². The highest BCUT2D eigenvalue weighted by Crippen LogP contribution is 2.22. The van der Waals surface area contributed by atoms with E-state index in [0.717, 1.165) is 18.5 Å². The highest BCUT2D eigenvalue weighted by molar-refractivity contribution is 7.85. The molecule has 6 nitrogen and oxygen atoms in total. The SMILES string of the molecule is Cc1ccc([S@](=O)C[C@H]2CCCN2C(=O)OC(C)(C)C)nn1. The molecule has 0 radical (unpaired) electrons. The van der Waals surface area contributed by atoms with Gasteiger partial charge in [0.1, 0.15) is 10.6 Å². The van der Waals surface area contributed by atoms with Crippen molar-refractivity contribution in [1.82, 2.24) is 15.1 Å². The molecule has 2 atom stereocenters. The van der Waals surface area contributed by atoms with Crippen LogP contribution >= 0.6 is 0 Å². The van der Waals surface area contributed by atoms with Gasteiger partial charge in [-0.05, 0) is 52.7 Å². The molecule has 122 valence electrons. The van der Waals surface area contributed by atoms with Gasteiger partial charge in [-0.2, -0.15) is 5.10 Å². The molecule has 0 saturated carbocycles. The second-order valence-corrected chi connectivity index (χ2v) is 7.94. The van der Waals surface area contributed by atoms with Gasteiger partial charge in [0, 0.05) is 12.6 Å². The van der Waals surface area contributed by atoms with E-state index in [1.165, 1.54) is 0 Å². The lowest BCUT2D eigenvalue weighted by molar-refractivity contribution is 0.0241. The van der Waals surface area contributed by atoms with Crippen LogP contribution < -0.4 is 0 Å². The zero-order chi connectivity index (χ0) is 16.3. The van der Waals surface area contributed by atoms with Crippen LogP contribution in [0.1, 0.15) is 39.3 Å². The van der Waals surface area contributed by atoms with Crippen LogP contribution in [-0.2, 0) is 15.5 Å². The summed E-state index contributed by atoms with van der Waals surface area (Å²) in [6, 6.07) is 3.45. The highest BCUT2D eigenvalue weighted by Gasteiger charge is 2.33. The number of aryl methyl sites for hydroxylation is 1. The number of ether oxygens (including phenoxy) is 1. The van der Waals surface area contributed by atoms with Crippen LogP contribution in [0, 0.1) is 6.92 Å². The van der Waals surface area contributed by atoms with Gasteiger partial charge < -0.3 is 9.64 Å². The normalized spacial score (nSPS) is 20.0. The number of nitrogens with zero attached hydrogens (tertiary/aromatic N) is 3. The molecule has 0 aliphatic carbocycles. The summed E-state index contributed by atoms with van der Waals surface area (Å²) in [5.41, 5.74) is 0.267. The molecule has 1 aromatic rings. The Morgan fingerprint density at radius 3 is 2.73 bits per heavy atom. The number of hydrogen-bond donors (Lipinski definition) is 0. The Morgan fingerprint density at radius 2 is 2.14 bits per heavy atom. The first-order valence-corrected chi connectivity index (χ1v) is 8.76. The van der Waals surface area contributed by atoms with E-state index in [0.29, 0.717) is 17.3 Å². The van der Waals surface area contributed by atoms with Crippen molar-refractivity contribution in [3.05, 3.63) is 17.8 Å². The molecule has 0 unspecified atom stereocenters. The van der Waals surface area contributed by atoms with E-state index < -0.39 is 16.4 Å². The molecule has 0 spiro atoms. The van der Waals surface area contributed by atoms with Crippen LogP contribution in [-0.4, -0.2) is 49.3 Å². The van der Waals surface area contributed by atoms with E-state index in [1.807, 2.05) is 27.7 Å². The van der Waals surface area contributed by atoms with Gasteiger partial charge in [0.05, 0.1) is 22.2 Å². The molecule has 1 aliphatic rings. The first-order valence-electron chi connectivity index (χ1n) is 7.44. The second-order valence-electron chi connectivity index (χ2n) is 6.49. The number of carbonyl (C=O) groups excluding carboxylic acids is 1. The molecule has 0 bridgehead atoms. The van der Waals surface area contributed by atoms with Crippen LogP contribution in [0.5, 0.6) is 0 Å². The van der Waals surface area contributed by atoms with Crippen LogP contribution in [0.15, 0.2) is 17.2 Å². The number of amides is 1. The van der Waals surface area contributed by atoms with Crippen molar-refractivity contribution in [2.24, 2.45) is 0 Å². The quantitative estimate of drug-likeness (QED) is 0.852. The summed E-state index contributed by atoms with van der Waals surface area (Å²) >= 11 is 0. The Morgan fingerprint density at radius 1 is 1.41 bits per heavy atom. The highest BCUT2D eigenvalue weighted by atomic mass is 32.2. The molecule has 2 heterocycles. The minimum atomic E-state index is -1.26. The lowest BCUT2D eigenvalue weighted by atomic mass is 10.2. The maximum atomic E-state index is 12.4. The molecule has 1 aromatic heterocycles. The van der Waals surface area contributed by atoms with E-state index in [-0.39, 0.29) is 12.1 Å². The molecule has 1 amide bonds. The summed E-state index contributed by atoms with van der Waals surface area (Å²) in [6.07, 6.45) is 1.41. The molecule has 1 saturated heterocycles. The lowest BCUT2D eigenvalue weighted by Crippen LogP contribution is -2.42. The zero-order valence-corrected chi connectivity index (χ0v) is 14.4. The smallest absolute Gasteiger partial charge is 0.410 e. The Labute approximate surface area is 133 Å². The van der Waals surface area contributed by atoms with Gasteiger partial charge in [0.25, 0.3) is 0 Å². The Hall–Kier alpha value is -1.50. The van der Waals surface area contributed by atoms with Crippen LogP contribution in [0.3, 0.4) is 0 Å². The largest absolute Gasteiger partial charge is 0.444 e. The van der Waals surface area contributed by atoms with E-state index in [4.69, 9.17) is 4.74 Å². The first-order chi connectivity index (χ1) is 10.3. The molecule has 1 fully saturated rings. The van der Waals surface area contributed by atoms with Crippen molar-refractivity contribution in [3.8, 4) is 0 Å². The summed E-state index contributed by atoms with van der Waals surface area (Å²) in [5, 5.41) is 8.35. The third-order valence-electron chi connectivity index (χ3n) is 3.36. The average Bonchev–Trinajstić information content (AvgIpc) is 2.85. The predicted octanol–water partition coefficient (Wildman–Crippen LogP) is 2.29. The first kappa shape index (κ1) is 16.9. The van der Waals surface area contributed by atoms with Crippen molar-refractivity contribution < 1.29 is 13.7 Å². The number of hydrogen-bond acceptors (Lipinski definition) is 5. The third-order valence-corrected chi connectivity index (χ3v) is 4.73. The fourth-order valence-corrected chi connectivity index (χ4v) is 3.56. The minimum Gasteiger partial charge on any atom is -0.444 e. The van der Waals surface area contributed by atoms with Gasteiger partial charge in [-0.1, -0.05) is 0 Å². The zero-order valence-electron chi connectivity index (χ0n) is 13.5. The van der Waals surface area contributed by atoms with E-state index in [2.05, 4.69) is 10.2 Å². The number of aromatic nitrogens is 2. The van der Waals surface area contributed by atoms with Gasteiger partial charge in [0.2, 0.25) is 0 Å². The minimum absolute atomic E-state index is 0.0706. The molecular weight excluding hydrogens is 302 g/mol. The van der Waals surface area contributed by atoms with Gasteiger partial charge >= 0.3 is 6.09 Å².